The molecule has 1 aromatic heterocycles. The van der Waals surface area contributed by atoms with E-state index >= 15 is 0 Å². The summed E-state index contributed by atoms with van der Waals surface area (Å²) in [6.45, 7) is 3.69. The van der Waals surface area contributed by atoms with E-state index in [-0.39, 0.29) is 5.69 Å². The second-order valence-electron chi connectivity index (χ2n) is 3.85. The molecule has 2 rings (SSSR count). The van der Waals surface area contributed by atoms with Gasteiger partial charge in [-0.05, 0) is 11.6 Å². The number of nitrogens with zero attached hydrogens (tertiary/aromatic N) is 1. The minimum atomic E-state index is -0.986. The zero-order valence-electron chi connectivity index (χ0n) is 10.2. The van der Waals surface area contributed by atoms with Crippen molar-refractivity contribution in [2.75, 3.05) is 5.75 Å². The summed E-state index contributed by atoms with van der Waals surface area (Å²) in [5.41, 5.74) is 2.28. The predicted octanol–water partition coefficient (Wildman–Crippen LogP) is 3.93. The molecule has 0 radical (unpaired) electrons. The fraction of sp³-hybridized carbons (Fsp3) is 0.143. The highest BCUT2D eigenvalue weighted by Gasteiger charge is 2.10. The van der Waals surface area contributed by atoms with E-state index in [2.05, 4.69) is 23.7 Å². The molecule has 0 saturated heterocycles. The average molecular weight is 291 g/mol. The summed E-state index contributed by atoms with van der Waals surface area (Å²) < 4.78 is 0. The number of thiazole rings is 1. The van der Waals surface area contributed by atoms with Crippen LogP contribution in [-0.4, -0.2) is 21.8 Å². The lowest BCUT2D eigenvalue weighted by atomic mass is 10.1. The molecule has 0 unspecified atom stereocenters. The molecule has 3 nitrogen and oxygen atoms in total. The molecule has 0 atom stereocenters. The lowest BCUT2D eigenvalue weighted by Gasteiger charge is -2.02. The minimum absolute atomic E-state index is 0.103. The van der Waals surface area contributed by atoms with Crippen LogP contribution in [0.5, 0.6) is 0 Å². The number of rotatable bonds is 6. The standard InChI is InChI=1S/C14H13NO2S2/c1-2-6-18-8-10-4-3-5-11(7-10)13-15-12(9-19-13)14(16)17/h2-5,7,9H,1,6,8H2,(H,16,17). The maximum Gasteiger partial charge on any atom is 0.355 e. The van der Waals surface area contributed by atoms with Gasteiger partial charge >= 0.3 is 5.97 Å². The second-order valence-corrected chi connectivity index (χ2v) is 5.74. The van der Waals surface area contributed by atoms with Crippen molar-refractivity contribution in [2.45, 2.75) is 5.75 Å². The first kappa shape index (κ1) is 13.8. The van der Waals surface area contributed by atoms with E-state index in [0.717, 1.165) is 22.1 Å². The fourth-order valence-electron chi connectivity index (χ4n) is 1.56. The molecule has 0 bridgehead atoms. The van der Waals surface area contributed by atoms with Crippen LogP contribution >= 0.6 is 23.1 Å². The molecular formula is C14H13NO2S2. The van der Waals surface area contributed by atoms with Gasteiger partial charge in [-0.3, -0.25) is 0 Å². The predicted molar refractivity (Wildman–Crippen MR) is 80.9 cm³/mol. The molecule has 5 heteroatoms. The van der Waals surface area contributed by atoms with Gasteiger partial charge in [0.1, 0.15) is 5.01 Å². The third-order valence-corrected chi connectivity index (χ3v) is 4.30. The van der Waals surface area contributed by atoms with Crippen molar-refractivity contribution in [1.29, 1.82) is 0 Å². The highest BCUT2D eigenvalue weighted by molar-refractivity contribution is 7.98. The molecule has 98 valence electrons. The Bertz CT molecular complexity index is 593. The molecule has 1 aromatic carbocycles. The fourth-order valence-corrected chi connectivity index (χ4v) is 3.05. The van der Waals surface area contributed by atoms with Crippen LogP contribution in [0, 0.1) is 0 Å². The molecule has 0 amide bonds. The van der Waals surface area contributed by atoms with Crippen LogP contribution < -0.4 is 0 Å². The van der Waals surface area contributed by atoms with E-state index in [1.807, 2.05) is 18.2 Å². The van der Waals surface area contributed by atoms with E-state index in [1.54, 1.807) is 17.1 Å². The van der Waals surface area contributed by atoms with E-state index in [0.29, 0.717) is 0 Å². The molecule has 0 aliphatic rings. The highest BCUT2D eigenvalue weighted by atomic mass is 32.2. The van der Waals surface area contributed by atoms with Crippen LogP contribution in [0.2, 0.25) is 0 Å². The van der Waals surface area contributed by atoms with Gasteiger partial charge in [-0.2, -0.15) is 11.8 Å². The molecule has 2 aromatic rings. The quantitative estimate of drug-likeness (QED) is 0.647. The first-order valence-electron chi connectivity index (χ1n) is 5.67. The molecule has 0 aliphatic carbocycles. The van der Waals surface area contributed by atoms with Crippen molar-refractivity contribution in [1.82, 2.24) is 4.98 Å². The zero-order chi connectivity index (χ0) is 13.7. The van der Waals surface area contributed by atoms with E-state index in [4.69, 9.17) is 5.11 Å². The van der Waals surface area contributed by atoms with Crippen LogP contribution in [0.15, 0.2) is 42.3 Å². The number of thioether (sulfide) groups is 1. The number of aromatic nitrogens is 1. The van der Waals surface area contributed by atoms with Crippen molar-refractivity contribution >= 4 is 29.1 Å². The van der Waals surface area contributed by atoms with Crippen LogP contribution in [0.25, 0.3) is 10.6 Å². The Morgan fingerprint density at radius 2 is 2.37 bits per heavy atom. The number of carboxylic acids is 1. The lowest BCUT2D eigenvalue weighted by molar-refractivity contribution is 0.0691. The number of carboxylic acid groups (broad SMARTS) is 1. The van der Waals surface area contributed by atoms with E-state index in [9.17, 15) is 4.79 Å². The largest absolute Gasteiger partial charge is 0.476 e. The van der Waals surface area contributed by atoms with Crippen molar-refractivity contribution in [3.63, 3.8) is 0 Å². The van der Waals surface area contributed by atoms with Crippen molar-refractivity contribution in [2.24, 2.45) is 0 Å². The summed E-state index contributed by atoms with van der Waals surface area (Å²) in [5, 5.41) is 11.2. The Morgan fingerprint density at radius 1 is 1.53 bits per heavy atom. The van der Waals surface area contributed by atoms with Gasteiger partial charge in [0.25, 0.3) is 0 Å². The number of hydrogen-bond acceptors (Lipinski definition) is 4. The van der Waals surface area contributed by atoms with Crippen molar-refractivity contribution < 1.29 is 9.90 Å². The summed E-state index contributed by atoms with van der Waals surface area (Å²) in [6, 6.07) is 8.04. The topological polar surface area (TPSA) is 50.2 Å². The van der Waals surface area contributed by atoms with Crippen LogP contribution in [0.3, 0.4) is 0 Å². The number of aromatic carboxylic acids is 1. The van der Waals surface area contributed by atoms with Gasteiger partial charge in [0.2, 0.25) is 0 Å². The summed E-state index contributed by atoms with van der Waals surface area (Å²) in [6.07, 6.45) is 1.88. The third-order valence-electron chi connectivity index (χ3n) is 2.40. The number of benzene rings is 1. The van der Waals surface area contributed by atoms with Crippen LogP contribution in [0.4, 0.5) is 0 Å². The zero-order valence-corrected chi connectivity index (χ0v) is 11.8. The van der Waals surface area contributed by atoms with Crippen LogP contribution in [0.1, 0.15) is 16.1 Å². The highest BCUT2D eigenvalue weighted by Crippen LogP contribution is 2.25. The maximum absolute atomic E-state index is 10.8. The smallest absolute Gasteiger partial charge is 0.355 e. The summed E-state index contributed by atoms with van der Waals surface area (Å²) in [4.78, 5) is 14.9. The maximum atomic E-state index is 10.8. The average Bonchev–Trinajstić information content (AvgIpc) is 2.89. The SMILES string of the molecule is C=CCSCc1cccc(-c2nc(C(=O)O)cs2)c1. The lowest BCUT2D eigenvalue weighted by Crippen LogP contribution is -1.95. The Balaban J connectivity index is 2.17. The molecule has 0 fully saturated rings. The first-order valence-corrected chi connectivity index (χ1v) is 7.71. The summed E-state index contributed by atoms with van der Waals surface area (Å²) in [5.74, 6) is 0.849. The number of hydrogen-bond donors (Lipinski definition) is 1. The summed E-state index contributed by atoms with van der Waals surface area (Å²) in [7, 11) is 0. The van der Waals surface area contributed by atoms with Gasteiger partial charge in [0.05, 0.1) is 0 Å². The molecule has 0 spiro atoms. The normalized spacial score (nSPS) is 10.3. The molecule has 1 N–H and O–H groups in total. The van der Waals surface area contributed by atoms with Gasteiger partial charge in [-0.25, -0.2) is 9.78 Å². The van der Waals surface area contributed by atoms with E-state index < -0.39 is 5.97 Å². The Labute approximate surface area is 120 Å². The Hall–Kier alpha value is -1.59. The molecule has 0 saturated carbocycles. The molecule has 1 heterocycles. The third kappa shape index (κ3) is 3.68. The van der Waals surface area contributed by atoms with Crippen LogP contribution in [-0.2, 0) is 5.75 Å². The Kier molecular flexibility index (Phi) is 4.76. The first-order chi connectivity index (χ1) is 9.20. The van der Waals surface area contributed by atoms with Gasteiger partial charge < -0.3 is 5.11 Å². The molecular weight excluding hydrogens is 278 g/mol. The van der Waals surface area contributed by atoms with Gasteiger partial charge in [0.15, 0.2) is 5.69 Å². The van der Waals surface area contributed by atoms with Gasteiger partial charge in [-0.1, -0.05) is 24.3 Å². The van der Waals surface area contributed by atoms with Gasteiger partial charge in [-0.15, -0.1) is 17.9 Å². The summed E-state index contributed by atoms with van der Waals surface area (Å²) >= 11 is 3.14. The van der Waals surface area contributed by atoms with Crippen molar-refractivity contribution in [3.8, 4) is 10.6 Å². The molecule has 0 aliphatic heterocycles. The second kappa shape index (κ2) is 6.54. The van der Waals surface area contributed by atoms with Gasteiger partial charge in [0, 0.05) is 22.4 Å². The van der Waals surface area contributed by atoms with E-state index in [1.165, 1.54) is 16.9 Å². The minimum Gasteiger partial charge on any atom is -0.476 e. The Morgan fingerprint density at radius 3 is 3.05 bits per heavy atom. The van der Waals surface area contributed by atoms with Crippen molar-refractivity contribution in [3.05, 3.63) is 53.6 Å². The number of carbonyl (C=O) groups is 1. The molecule has 19 heavy (non-hydrogen) atoms. The monoisotopic (exact) mass is 291 g/mol.